The Labute approximate surface area is 117 Å². The minimum Gasteiger partial charge on any atom is -0.387 e. The van der Waals surface area contributed by atoms with Crippen molar-refractivity contribution in [3.63, 3.8) is 0 Å². The van der Waals surface area contributed by atoms with Gasteiger partial charge in [0.2, 0.25) is 0 Å². The molecule has 0 radical (unpaired) electrons. The summed E-state index contributed by atoms with van der Waals surface area (Å²) in [5.74, 6) is 0.420. The van der Waals surface area contributed by atoms with Crippen LogP contribution in [0.5, 0.6) is 0 Å². The number of hydrogen-bond donors (Lipinski definition) is 1. The molecular formula is C14H15Cl2NO. The van der Waals surface area contributed by atoms with Crippen LogP contribution in [-0.4, -0.2) is 29.2 Å². The molecule has 4 rings (SSSR count). The summed E-state index contributed by atoms with van der Waals surface area (Å²) in [6.45, 7) is 2.10. The van der Waals surface area contributed by atoms with Gasteiger partial charge in [-0.2, -0.15) is 0 Å². The second-order valence-electron chi connectivity index (χ2n) is 5.01. The fourth-order valence-electron chi connectivity index (χ4n) is 2.85. The smallest absolute Gasteiger partial charge is 0.0965 e. The van der Waals surface area contributed by atoms with Crippen molar-refractivity contribution < 1.29 is 5.11 Å². The maximum atomic E-state index is 10.3. The van der Waals surface area contributed by atoms with E-state index in [-0.39, 0.29) is 6.10 Å². The maximum Gasteiger partial charge on any atom is 0.0965 e. The van der Waals surface area contributed by atoms with E-state index in [9.17, 15) is 5.11 Å². The third-order valence-electron chi connectivity index (χ3n) is 3.91. The first-order chi connectivity index (χ1) is 8.65. The van der Waals surface area contributed by atoms with Gasteiger partial charge in [0.05, 0.1) is 16.1 Å². The summed E-state index contributed by atoms with van der Waals surface area (Å²) < 4.78 is 0. The standard InChI is InChI=1S/C14H15Cl2NO/c15-11-2-1-9(7-12(11)16)8-13-14(18)10-3-5-17(13)6-4-10/h1-2,7-8,10,14,18H,3-6H2/b13-8-/t14-/m0/s1. The third-order valence-corrected chi connectivity index (χ3v) is 4.65. The lowest BCUT2D eigenvalue weighted by atomic mass is 9.83. The molecule has 0 unspecified atom stereocenters. The van der Waals surface area contributed by atoms with E-state index in [4.69, 9.17) is 23.2 Å². The number of hydrogen-bond acceptors (Lipinski definition) is 2. The van der Waals surface area contributed by atoms with E-state index in [2.05, 4.69) is 4.90 Å². The molecular weight excluding hydrogens is 269 g/mol. The number of nitrogens with zero attached hydrogens (tertiary/aromatic N) is 1. The fourth-order valence-corrected chi connectivity index (χ4v) is 3.16. The second-order valence-corrected chi connectivity index (χ2v) is 5.83. The van der Waals surface area contributed by atoms with E-state index in [0.717, 1.165) is 37.2 Å². The van der Waals surface area contributed by atoms with Crippen molar-refractivity contribution in [1.82, 2.24) is 4.90 Å². The predicted octanol–water partition coefficient (Wildman–Crippen LogP) is 3.42. The van der Waals surface area contributed by atoms with Gasteiger partial charge in [0.15, 0.2) is 0 Å². The van der Waals surface area contributed by atoms with E-state index in [1.165, 1.54) is 0 Å². The Bertz CT molecular complexity index is 489. The van der Waals surface area contributed by atoms with Crippen molar-refractivity contribution in [3.8, 4) is 0 Å². The van der Waals surface area contributed by atoms with Crippen LogP contribution in [-0.2, 0) is 0 Å². The summed E-state index contributed by atoms with van der Waals surface area (Å²) in [6, 6.07) is 5.56. The van der Waals surface area contributed by atoms with Crippen LogP contribution < -0.4 is 0 Å². The Morgan fingerprint density at radius 2 is 1.89 bits per heavy atom. The zero-order chi connectivity index (χ0) is 12.7. The van der Waals surface area contributed by atoms with Crippen LogP contribution in [0.15, 0.2) is 23.9 Å². The average molecular weight is 284 g/mol. The van der Waals surface area contributed by atoms with E-state index in [1.807, 2.05) is 18.2 Å². The number of rotatable bonds is 1. The highest BCUT2D eigenvalue weighted by atomic mass is 35.5. The van der Waals surface area contributed by atoms with Gasteiger partial charge in [0.25, 0.3) is 0 Å². The van der Waals surface area contributed by atoms with Crippen LogP contribution in [0.2, 0.25) is 10.0 Å². The van der Waals surface area contributed by atoms with E-state index in [0.29, 0.717) is 16.0 Å². The Morgan fingerprint density at radius 1 is 1.17 bits per heavy atom. The van der Waals surface area contributed by atoms with Gasteiger partial charge in [-0.1, -0.05) is 29.3 Å². The lowest BCUT2D eigenvalue weighted by molar-refractivity contribution is 0.0215. The maximum absolute atomic E-state index is 10.3. The second kappa shape index (κ2) is 4.76. The molecule has 3 aliphatic heterocycles. The molecule has 2 bridgehead atoms. The first-order valence-corrected chi connectivity index (χ1v) is 7.00. The molecule has 3 saturated heterocycles. The molecule has 1 N–H and O–H groups in total. The molecule has 18 heavy (non-hydrogen) atoms. The van der Waals surface area contributed by atoms with Gasteiger partial charge in [-0.3, -0.25) is 0 Å². The predicted molar refractivity (Wildman–Crippen MR) is 74.7 cm³/mol. The van der Waals surface area contributed by atoms with E-state index in [1.54, 1.807) is 6.07 Å². The van der Waals surface area contributed by atoms with E-state index < -0.39 is 0 Å². The highest BCUT2D eigenvalue weighted by Crippen LogP contribution is 2.36. The fraction of sp³-hybridized carbons (Fsp3) is 0.429. The Morgan fingerprint density at radius 3 is 2.50 bits per heavy atom. The molecule has 0 aliphatic carbocycles. The summed E-state index contributed by atoms with van der Waals surface area (Å²) >= 11 is 11.9. The van der Waals surface area contributed by atoms with Gasteiger partial charge in [0.1, 0.15) is 0 Å². The topological polar surface area (TPSA) is 23.5 Å². The molecule has 1 aromatic carbocycles. The van der Waals surface area contributed by atoms with Gasteiger partial charge < -0.3 is 10.0 Å². The monoisotopic (exact) mass is 283 g/mol. The van der Waals surface area contributed by atoms with Gasteiger partial charge in [-0.05, 0) is 42.5 Å². The highest BCUT2D eigenvalue weighted by Gasteiger charge is 2.36. The van der Waals surface area contributed by atoms with Crippen LogP contribution in [0.25, 0.3) is 6.08 Å². The number of aliphatic hydroxyl groups excluding tert-OH is 1. The molecule has 0 saturated carbocycles. The molecule has 96 valence electrons. The normalized spacial score (nSPS) is 29.1. The van der Waals surface area contributed by atoms with Crippen LogP contribution in [0, 0.1) is 5.92 Å². The zero-order valence-corrected chi connectivity index (χ0v) is 11.5. The molecule has 3 fully saturated rings. The van der Waals surface area contributed by atoms with Gasteiger partial charge in [-0.25, -0.2) is 0 Å². The number of aliphatic hydroxyl groups is 1. The number of fused-ring (bicyclic) bond motifs is 3. The average Bonchev–Trinajstić information content (AvgIpc) is 2.38. The van der Waals surface area contributed by atoms with Crippen LogP contribution in [0.1, 0.15) is 18.4 Å². The summed E-state index contributed by atoms with van der Waals surface area (Å²) in [5.41, 5.74) is 2.02. The number of benzene rings is 1. The molecule has 1 aromatic rings. The van der Waals surface area contributed by atoms with E-state index >= 15 is 0 Å². The number of piperidine rings is 3. The summed E-state index contributed by atoms with van der Waals surface area (Å²) in [4.78, 5) is 2.27. The molecule has 3 heterocycles. The SMILES string of the molecule is O[C@@H]1/C(=C/c2ccc(Cl)c(Cl)c2)N2CCC1CC2. The Hall–Kier alpha value is -0.700. The third kappa shape index (κ3) is 2.13. The minimum absolute atomic E-state index is 0.332. The van der Waals surface area contributed by atoms with Crippen LogP contribution >= 0.6 is 23.2 Å². The lowest BCUT2D eigenvalue weighted by Crippen LogP contribution is -2.48. The molecule has 1 atom stereocenters. The quantitative estimate of drug-likeness (QED) is 0.854. The number of halogens is 2. The van der Waals surface area contributed by atoms with Crippen molar-refractivity contribution in [2.45, 2.75) is 18.9 Å². The molecule has 0 aromatic heterocycles. The molecule has 0 spiro atoms. The first-order valence-electron chi connectivity index (χ1n) is 6.25. The summed E-state index contributed by atoms with van der Waals surface area (Å²) in [7, 11) is 0. The van der Waals surface area contributed by atoms with Crippen LogP contribution in [0.4, 0.5) is 0 Å². The highest BCUT2D eigenvalue weighted by molar-refractivity contribution is 6.42. The van der Waals surface area contributed by atoms with Gasteiger partial charge in [-0.15, -0.1) is 0 Å². The van der Waals surface area contributed by atoms with Crippen LogP contribution in [0.3, 0.4) is 0 Å². The molecule has 4 heteroatoms. The molecule has 2 nitrogen and oxygen atoms in total. The lowest BCUT2D eigenvalue weighted by Gasteiger charge is -2.45. The van der Waals surface area contributed by atoms with Crippen molar-refractivity contribution in [1.29, 1.82) is 0 Å². The van der Waals surface area contributed by atoms with Gasteiger partial charge in [0, 0.05) is 18.8 Å². The molecule has 3 aliphatic rings. The largest absolute Gasteiger partial charge is 0.387 e. The zero-order valence-electron chi connectivity index (χ0n) is 9.94. The first kappa shape index (κ1) is 12.3. The minimum atomic E-state index is -0.332. The van der Waals surface area contributed by atoms with Gasteiger partial charge >= 0.3 is 0 Å². The summed E-state index contributed by atoms with van der Waals surface area (Å²) in [6.07, 6.45) is 3.89. The van der Waals surface area contributed by atoms with Crippen molar-refractivity contribution in [3.05, 3.63) is 39.5 Å². The van der Waals surface area contributed by atoms with Crippen molar-refractivity contribution in [2.24, 2.45) is 5.92 Å². The Kier molecular flexibility index (Phi) is 3.27. The Balaban J connectivity index is 1.93. The van der Waals surface area contributed by atoms with Crippen molar-refractivity contribution >= 4 is 29.3 Å². The van der Waals surface area contributed by atoms with Crippen molar-refractivity contribution in [2.75, 3.05) is 13.1 Å². The summed E-state index contributed by atoms with van der Waals surface area (Å²) in [5, 5.41) is 11.4. The molecule has 0 amide bonds.